The number of rotatable bonds is 5. The second-order valence-corrected chi connectivity index (χ2v) is 5.67. The van der Waals surface area contributed by atoms with E-state index in [4.69, 9.17) is 9.47 Å². The summed E-state index contributed by atoms with van der Waals surface area (Å²) in [6.45, 7) is 9.91. The maximum Gasteiger partial charge on any atom is 0.411 e. The zero-order valence-corrected chi connectivity index (χ0v) is 13.8. The third-order valence-electron chi connectivity index (χ3n) is 3.85. The molecule has 1 N–H and O–H groups in total. The first-order valence-electron chi connectivity index (χ1n) is 7.99. The van der Waals surface area contributed by atoms with Gasteiger partial charge in [-0.3, -0.25) is 5.32 Å². The Morgan fingerprint density at radius 3 is 2.50 bits per heavy atom. The lowest BCUT2D eigenvalue weighted by atomic mass is 10.1. The van der Waals surface area contributed by atoms with Crippen molar-refractivity contribution in [3.05, 3.63) is 23.3 Å². The smallest absolute Gasteiger partial charge is 0.411 e. The van der Waals surface area contributed by atoms with Gasteiger partial charge in [0.2, 0.25) is 0 Å². The van der Waals surface area contributed by atoms with Gasteiger partial charge >= 0.3 is 6.09 Å². The number of aryl methyl sites for hydroxylation is 2. The summed E-state index contributed by atoms with van der Waals surface area (Å²) in [7, 11) is 0. The van der Waals surface area contributed by atoms with E-state index in [9.17, 15) is 4.79 Å². The Morgan fingerprint density at radius 1 is 1.27 bits per heavy atom. The van der Waals surface area contributed by atoms with Crippen LogP contribution in [-0.4, -0.2) is 39.0 Å². The van der Waals surface area contributed by atoms with Crippen molar-refractivity contribution in [1.29, 1.82) is 0 Å². The quantitative estimate of drug-likeness (QED) is 0.846. The predicted molar refractivity (Wildman–Crippen MR) is 88.8 cm³/mol. The lowest BCUT2D eigenvalue weighted by molar-refractivity contribution is 0.122. The molecule has 0 aliphatic carbocycles. The number of amides is 1. The van der Waals surface area contributed by atoms with Crippen LogP contribution >= 0.6 is 0 Å². The first kappa shape index (κ1) is 16.6. The van der Waals surface area contributed by atoms with Gasteiger partial charge in [-0.2, -0.15) is 0 Å². The van der Waals surface area contributed by atoms with Crippen LogP contribution in [0.3, 0.4) is 0 Å². The minimum atomic E-state index is -0.376. The van der Waals surface area contributed by atoms with E-state index in [0.29, 0.717) is 6.61 Å². The van der Waals surface area contributed by atoms with Crippen LogP contribution < -0.4 is 10.2 Å². The zero-order valence-electron chi connectivity index (χ0n) is 13.8. The van der Waals surface area contributed by atoms with Gasteiger partial charge in [-0.1, -0.05) is 13.3 Å². The van der Waals surface area contributed by atoms with Crippen molar-refractivity contribution in [2.45, 2.75) is 33.6 Å². The molecule has 0 atom stereocenters. The fourth-order valence-electron chi connectivity index (χ4n) is 2.59. The average Bonchev–Trinajstić information content (AvgIpc) is 2.52. The molecule has 0 spiro atoms. The van der Waals surface area contributed by atoms with Crippen LogP contribution in [0.2, 0.25) is 0 Å². The molecule has 2 rings (SSSR count). The number of anilines is 2. The van der Waals surface area contributed by atoms with Gasteiger partial charge in [0.1, 0.15) is 0 Å². The standard InChI is InChI=1S/C17H26N2O3/c1-4-5-8-22-17(20)18-16-13(2)11-15(12-14(16)3)19-6-9-21-10-7-19/h11-12H,4-10H2,1-3H3,(H,18,20). The average molecular weight is 306 g/mol. The predicted octanol–water partition coefficient (Wildman–Crippen LogP) is 3.49. The monoisotopic (exact) mass is 306 g/mol. The normalized spacial score (nSPS) is 14.8. The topological polar surface area (TPSA) is 50.8 Å². The molecular weight excluding hydrogens is 280 g/mol. The van der Waals surface area contributed by atoms with E-state index >= 15 is 0 Å². The second kappa shape index (κ2) is 8.03. The maximum atomic E-state index is 11.8. The van der Waals surface area contributed by atoms with E-state index in [1.807, 2.05) is 13.8 Å². The molecule has 0 saturated carbocycles. The molecule has 1 aliphatic heterocycles. The highest BCUT2D eigenvalue weighted by molar-refractivity contribution is 5.87. The van der Waals surface area contributed by atoms with Crippen molar-refractivity contribution in [2.75, 3.05) is 43.1 Å². The fraction of sp³-hybridized carbons (Fsp3) is 0.588. The van der Waals surface area contributed by atoms with Gasteiger partial charge in [-0.25, -0.2) is 4.79 Å². The summed E-state index contributed by atoms with van der Waals surface area (Å²) in [4.78, 5) is 14.1. The van der Waals surface area contributed by atoms with E-state index < -0.39 is 0 Å². The van der Waals surface area contributed by atoms with Crippen molar-refractivity contribution in [2.24, 2.45) is 0 Å². The summed E-state index contributed by atoms with van der Waals surface area (Å²) < 4.78 is 10.6. The summed E-state index contributed by atoms with van der Waals surface area (Å²) >= 11 is 0. The fourth-order valence-corrected chi connectivity index (χ4v) is 2.59. The van der Waals surface area contributed by atoms with Crippen LogP contribution in [0.1, 0.15) is 30.9 Å². The van der Waals surface area contributed by atoms with E-state index in [1.54, 1.807) is 0 Å². The number of nitrogens with zero attached hydrogens (tertiary/aromatic N) is 1. The Labute approximate surface area is 132 Å². The molecule has 5 nitrogen and oxygen atoms in total. The molecule has 122 valence electrons. The molecule has 1 aromatic carbocycles. The van der Waals surface area contributed by atoms with Gasteiger partial charge in [0, 0.05) is 24.5 Å². The maximum absolute atomic E-state index is 11.8. The Morgan fingerprint density at radius 2 is 1.91 bits per heavy atom. The van der Waals surface area contributed by atoms with Crippen molar-refractivity contribution in [3.8, 4) is 0 Å². The molecule has 0 bridgehead atoms. The number of morpholine rings is 1. The molecule has 5 heteroatoms. The van der Waals surface area contributed by atoms with Crippen molar-refractivity contribution in [1.82, 2.24) is 0 Å². The molecular formula is C17H26N2O3. The highest BCUT2D eigenvalue weighted by atomic mass is 16.5. The molecule has 0 aromatic heterocycles. The molecule has 1 heterocycles. The summed E-state index contributed by atoms with van der Waals surface area (Å²) in [5, 5.41) is 2.86. The number of hydrogen-bond acceptors (Lipinski definition) is 4. The first-order valence-corrected chi connectivity index (χ1v) is 7.99. The van der Waals surface area contributed by atoms with Gasteiger partial charge < -0.3 is 14.4 Å². The lowest BCUT2D eigenvalue weighted by Gasteiger charge is -2.30. The molecule has 0 unspecified atom stereocenters. The van der Waals surface area contributed by atoms with Crippen LogP contribution in [0.5, 0.6) is 0 Å². The van der Waals surface area contributed by atoms with Crippen molar-refractivity contribution in [3.63, 3.8) is 0 Å². The minimum absolute atomic E-state index is 0.376. The van der Waals surface area contributed by atoms with E-state index in [-0.39, 0.29) is 6.09 Å². The van der Waals surface area contributed by atoms with Gasteiger partial charge in [-0.15, -0.1) is 0 Å². The third kappa shape index (κ3) is 4.37. The van der Waals surface area contributed by atoms with E-state index in [0.717, 1.165) is 56.0 Å². The molecule has 1 fully saturated rings. The van der Waals surface area contributed by atoms with Crippen LogP contribution in [0, 0.1) is 13.8 Å². The number of carbonyl (C=O) groups excluding carboxylic acids is 1. The van der Waals surface area contributed by atoms with Crippen LogP contribution in [-0.2, 0) is 9.47 Å². The number of unbranched alkanes of at least 4 members (excludes halogenated alkanes) is 1. The lowest BCUT2D eigenvalue weighted by Crippen LogP contribution is -2.36. The van der Waals surface area contributed by atoms with Gasteiger partial charge in [0.25, 0.3) is 0 Å². The Balaban J connectivity index is 2.04. The molecule has 1 amide bonds. The molecule has 22 heavy (non-hydrogen) atoms. The second-order valence-electron chi connectivity index (χ2n) is 5.67. The zero-order chi connectivity index (χ0) is 15.9. The minimum Gasteiger partial charge on any atom is -0.449 e. The Hall–Kier alpha value is -1.75. The highest BCUT2D eigenvalue weighted by Gasteiger charge is 2.15. The Bertz CT molecular complexity index is 488. The highest BCUT2D eigenvalue weighted by Crippen LogP contribution is 2.27. The number of ether oxygens (including phenoxy) is 2. The van der Waals surface area contributed by atoms with Crippen LogP contribution in [0.25, 0.3) is 0 Å². The van der Waals surface area contributed by atoms with E-state index in [1.165, 1.54) is 5.69 Å². The number of benzene rings is 1. The molecule has 1 saturated heterocycles. The van der Waals surface area contributed by atoms with Crippen LogP contribution in [0.4, 0.5) is 16.2 Å². The van der Waals surface area contributed by atoms with Crippen molar-refractivity contribution >= 4 is 17.5 Å². The SMILES string of the molecule is CCCCOC(=O)Nc1c(C)cc(N2CCOCC2)cc1C. The number of nitrogens with one attached hydrogen (secondary N) is 1. The van der Waals surface area contributed by atoms with Gasteiger partial charge in [0.05, 0.1) is 19.8 Å². The molecule has 1 aliphatic rings. The first-order chi connectivity index (χ1) is 10.6. The van der Waals surface area contributed by atoms with Crippen molar-refractivity contribution < 1.29 is 14.3 Å². The number of hydrogen-bond donors (Lipinski definition) is 1. The summed E-state index contributed by atoms with van der Waals surface area (Å²) in [5.74, 6) is 0. The summed E-state index contributed by atoms with van der Waals surface area (Å²) in [5.41, 5.74) is 4.13. The largest absolute Gasteiger partial charge is 0.449 e. The molecule has 0 radical (unpaired) electrons. The molecule has 1 aromatic rings. The summed E-state index contributed by atoms with van der Waals surface area (Å²) in [6, 6.07) is 4.22. The van der Waals surface area contributed by atoms with Gasteiger partial charge in [0.15, 0.2) is 0 Å². The Kier molecular flexibility index (Phi) is 6.07. The van der Waals surface area contributed by atoms with E-state index in [2.05, 4.69) is 29.3 Å². The van der Waals surface area contributed by atoms with Gasteiger partial charge in [-0.05, 0) is 43.5 Å². The summed E-state index contributed by atoms with van der Waals surface area (Å²) in [6.07, 6.45) is 1.53. The third-order valence-corrected chi connectivity index (χ3v) is 3.85. The number of carbonyl (C=O) groups is 1. The van der Waals surface area contributed by atoms with Crippen LogP contribution in [0.15, 0.2) is 12.1 Å².